The monoisotopic (exact) mass is 369 g/mol. The summed E-state index contributed by atoms with van der Waals surface area (Å²) < 4.78 is 18.9. The highest BCUT2D eigenvalue weighted by Crippen LogP contribution is 2.28. The summed E-state index contributed by atoms with van der Waals surface area (Å²) in [6.45, 7) is -0.125. The van der Waals surface area contributed by atoms with Gasteiger partial charge < -0.3 is 4.74 Å². The number of aromatic nitrogens is 1. The van der Waals surface area contributed by atoms with Crippen LogP contribution in [0.2, 0.25) is 10.0 Å². The van der Waals surface area contributed by atoms with Crippen LogP contribution < -0.4 is 15.0 Å². The van der Waals surface area contributed by atoms with Crippen LogP contribution in [0, 0.1) is 5.82 Å². The number of halogens is 3. The molecule has 1 fully saturated rings. The van der Waals surface area contributed by atoms with Crippen molar-refractivity contribution in [3.63, 3.8) is 0 Å². The van der Waals surface area contributed by atoms with Crippen molar-refractivity contribution in [3.8, 4) is 5.75 Å². The second-order valence-electron chi connectivity index (χ2n) is 4.90. The molecule has 0 radical (unpaired) electrons. The Kier molecular flexibility index (Phi) is 4.55. The molecular formula is C15H10Cl2FN3O3. The van der Waals surface area contributed by atoms with E-state index in [1.807, 2.05) is 0 Å². The zero-order valence-corrected chi connectivity index (χ0v) is 13.6. The molecule has 3 amide bonds. The Morgan fingerprint density at radius 1 is 1.25 bits per heavy atom. The number of amides is 3. The first kappa shape index (κ1) is 16.5. The molecule has 1 aliphatic rings. The summed E-state index contributed by atoms with van der Waals surface area (Å²) in [6, 6.07) is 5.14. The van der Waals surface area contributed by atoms with E-state index in [0.29, 0.717) is 22.2 Å². The molecule has 1 aromatic heterocycles. The number of imide groups is 1. The Bertz CT molecular complexity index is 814. The number of anilines is 1. The van der Waals surface area contributed by atoms with Gasteiger partial charge in [0, 0.05) is 10.6 Å². The number of nitrogens with one attached hydrogen (secondary N) is 1. The molecule has 0 atom stereocenters. The molecule has 1 saturated heterocycles. The van der Waals surface area contributed by atoms with E-state index >= 15 is 0 Å². The lowest BCUT2D eigenvalue weighted by atomic mass is 10.2. The standard InChI is InChI=1S/C15H10Cl2FN3O3/c16-10-2-3-11(18)14(17)9(10)7-24-8-1-4-12(19-5-8)21-6-13(22)20-15(21)23/h1-5H,6-7H2,(H,20,22,23). The average Bonchev–Trinajstić information content (AvgIpc) is 2.90. The summed E-state index contributed by atoms with van der Waals surface area (Å²) in [5.74, 6) is -0.288. The minimum Gasteiger partial charge on any atom is -0.487 e. The summed E-state index contributed by atoms with van der Waals surface area (Å²) in [7, 11) is 0. The Balaban J connectivity index is 1.70. The molecule has 3 rings (SSSR count). The second-order valence-corrected chi connectivity index (χ2v) is 5.69. The maximum atomic E-state index is 13.4. The van der Waals surface area contributed by atoms with Crippen LogP contribution in [-0.4, -0.2) is 23.5 Å². The maximum Gasteiger partial charge on any atom is 0.330 e. The topological polar surface area (TPSA) is 71.5 Å². The number of carbonyl (C=O) groups excluding carboxylic acids is 2. The Morgan fingerprint density at radius 2 is 2.04 bits per heavy atom. The lowest BCUT2D eigenvalue weighted by Crippen LogP contribution is -2.28. The van der Waals surface area contributed by atoms with Gasteiger partial charge in [0.15, 0.2) is 0 Å². The molecular weight excluding hydrogens is 360 g/mol. The van der Waals surface area contributed by atoms with Gasteiger partial charge in [-0.05, 0) is 24.3 Å². The van der Waals surface area contributed by atoms with E-state index in [9.17, 15) is 14.0 Å². The lowest BCUT2D eigenvalue weighted by molar-refractivity contribution is -0.117. The minimum atomic E-state index is -0.585. The van der Waals surface area contributed by atoms with E-state index in [4.69, 9.17) is 27.9 Å². The first-order valence-electron chi connectivity index (χ1n) is 6.78. The van der Waals surface area contributed by atoms with E-state index < -0.39 is 17.8 Å². The number of rotatable bonds is 4. The highest BCUT2D eigenvalue weighted by Gasteiger charge is 2.28. The Morgan fingerprint density at radius 3 is 2.67 bits per heavy atom. The number of ether oxygens (including phenoxy) is 1. The third-order valence-corrected chi connectivity index (χ3v) is 4.08. The fraction of sp³-hybridized carbons (Fsp3) is 0.133. The molecule has 1 N–H and O–H groups in total. The molecule has 6 nitrogen and oxygen atoms in total. The Hall–Kier alpha value is -2.38. The van der Waals surface area contributed by atoms with Crippen LogP contribution in [0.5, 0.6) is 5.75 Å². The highest BCUT2D eigenvalue weighted by atomic mass is 35.5. The quantitative estimate of drug-likeness (QED) is 0.663. The molecule has 0 spiro atoms. The summed E-state index contributed by atoms with van der Waals surface area (Å²) in [6.07, 6.45) is 1.38. The Labute approximate surface area is 146 Å². The highest BCUT2D eigenvalue weighted by molar-refractivity contribution is 6.36. The van der Waals surface area contributed by atoms with Crippen LogP contribution in [0.25, 0.3) is 0 Å². The first-order chi connectivity index (χ1) is 11.5. The van der Waals surface area contributed by atoms with Gasteiger partial charge in [-0.2, -0.15) is 0 Å². The number of nitrogens with zero attached hydrogens (tertiary/aromatic N) is 2. The fourth-order valence-corrected chi connectivity index (χ4v) is 2.58. The van der Waals surface area contributed by atoms with Gasteiger partial charge in [0.25, 0.3) is 0 Å². The van der Waals surface area contributed by atoms with Gasteiger partial charge >= 0.3 is 6.03 Å². The zero-order chi connectivity index (χ0) is 17.3. The van der Waals surface area contributed by atoms with Gasteiger partial charge in [0.05, 0.1) is 11.2 Å². The maximum absolute atomic E-state index is 13.4. The molecule has 1 aromatic carbocycles. The van der Waals surface area contributed by atoms with Crippen molar-refractivity contribution < 1.29 is 18.7 Å². The van der Waals surface area contributed by atoms with E-state index in [1.54, 1.807) is 6.07 Å². The summed E-state index contributed by atoms with van der Waals surface area (Å²) >= 11 is 11.8. The number of urea groups is 1. The third-order valence-electron chi connectivity index (χ3n) is 3.31. The van der Waals surface area contributed by atoms with Crippen molar-refractivity contribution >= 4 is 41.0 Å². The van der Waals surface area contributed by atoms with Gasteiger partial charge in [-0.25, -0.2) is 14.2 Å². The number of hydrogen-bond acceptors (Lipinski definition) is 4. The molecule has 9 heteroatoms. The SMILES string of the molecule is O=C1CN(c2ccc(OCc3c(Cl)ccc(F)c3Cl)cn2)C(=O)N1. The van der Waals surface area contributed by atoms with Crippen LogP contribution in [0.4, 0.5) is 15.0 Å². The fourth-order valence-electron chi connectivity index (χ4n) is 2.10. The summed E-state index contributed by atoms with van der Waals surface area (Å²) in [5.41, 5.74) is 0.326. The van der Waals surface area contributed by atoms with Crippen molar-refractivity contribution in [1.29, 1.82) is 0 Å². The van der Waals surface area contributed by atoms with E-state index in [0.717, 1.165) is 0 Å². The van der Waals surface area contributed by atoms with Crippen LogP contribution >= 0.6 is 23.2 Å². The average molecular weight is 370 g/mol. The van der Waals surface area contributed by atoms with Crippen molar-refractivity contribution in [2.75, 3.05) is 11.4 Å². The number of carbonyl (C=O) groups is 2. The predicted octanol–water partition coefficient (Wildman–Crippen LogP) is 3.16. The molecule has 1 aliphatic heterocycles. The predicted molar refractivity (Wildman–Crippen MR) is 85.9 cm³/mol. The van der Waals surface area contributed by atoms with Crippen molar-refractivity contribution in [1.82, 2.24) is 10.3 Å². The smallest absolute Gasteiger partial charge is 0.330 e. The molecule has 2 heterocycles. The molecule has 0 unspecified atom stereocenters. The van der Waals surface area contributed by atoms with Crippen molar-refractivity contribution in [2.45, 2.75) is 6.61 Å². The molecule has 0 aliphatic carbocycles. The zero-order valence-electron chi connectivity index (χ0n) is 12.1. The summed E-state index contributed by atoms with van der Waals surface area (Å²) in [4.78, 5) is 28.0. The molecule has 2 aromatic rings. The first-order valence-corrected chi connectivity index (χ1v) is 7.54. The van der Waals surface area contributed by atoms with Crippen molar-refractivity contribution in [3.05, 3.63) is 51.9 Å². The minimum absolute atomic E-state index is 0.0425. The number of pyridine rings is 1. The van der Waals surface area contributed by atoms with Gasteiger partial charge in [0.1, 0.15) is 30.5 Å². The largest absolute Gasteiger partial charge is 0.487 e. The normalized spacial score (nSPS) is 14.0. The second kappa shape index (κ2) is 6.62. The third kappa shape index (κ3) is 3.27. The molecule has 0 saturated carbocycles. The van der Waals surface area contributed by atoms with Gasteiger partial charge in [-0.15, -0.1) is 0 Å². The van der Waals surface area contributed by atoms with Gasteiger partial charge in [-0.3, -0.25) is 15.0 Å². The molecule has 124 valence electrons. The number of benzene rings is 1. The summed E-state index contributed by atoms with van der Waals surface area (Å²) in [5, 5.41) is 2.35. The van der Waals surface area contributed by atoms with Gasteiger partial charge in [0.2, 0.25) is 5.91 Å². The van der Waals surface area contributed by atoms with Gasteiger partial charge in [-0.1, -0.05) is 23.2 Å². The molecule has 24 heavy (non-hydrogen) atoms. The van der Waals surface area contributed by atoms with Crippen LogP contribution in [0.15, 0.2) is 30.5 Å². The lowest BCUT2D eigenvalue weighted by Gasteiger charge is -2.13. The van der Waals surface area contributed by atoms with E-state index in [-0.39, 0.29) is 18.2 Å². The van der Waals surface area contributed by atoms with E-state index in [1.165, 1.54) is 29.3 Å². The van der Waals surface area contributed by atoms with E-state index in [2.05, 4.69) is 10.3 Å². The van der Waals surface area contributed by atoms with Crippen molar-refractivity contribution in [2.24, 2.45) is 0 Å². The van der Waals surface area contributed by atoms with Crippen LogP contribution in [0.1, 0.15) is 5.56 Å². The number of hydrogen-bond donors (Lipinski definition) is 1. The molecule has 0 bridgehead atoms. The van der Waals surface area contributed by atoms with Crippen LogP contribution in [-0.2, 0) is 11.4 Å². The van der Waals surface area contributed by atoms with Crippen LogP contribution in [0.3, 0.4) is 0 Å².